The smallest absolute Gasteiger partial charge is 0.223 e. The number of carbonyl (C=O) groups excluding carboxylic acids is 1. The van der Waals surface area contributed by atoms with Gasteiger partial charge in [-0.1, -0.05) is 18.9 Å². The van der Waals surface area contributed by atoms with E-state index >= 15 is 0 Å². The van der Waals surface area contributed by atoms with Gasteiger partial charge in [-0.25, -0.2) is 0 Å². The number of piperidine rings is 2. The van der Waals surface area contributed by atoms with E-state index in [9.17, 15) is 4.79 Å². The number of hydrogen-bond donors (Lipinski definition) is 1. The van der Waals surface area contributed by atoms with Gasteiger partial charge in [-0.05, 0) is 76.3 Å². The van der Waals surface area contributed by atoms with Crippen LogP contribution in [-0.4, -0.2) is 59.0 Å². The minimum absolute atomic E-state index is 0.177. The van der Waals surface area contributed by atoms with Crippen molar-refractivity contribution in [3.63, 3.8) is 0 Å². The summed E-state index contributed by atoms with van der Waals surface area (Å²) in [6, 6.07) is 5.54. The first-order valence-electron chi connectivity index (χ1n) is 10.9. The summed E-state index contributed by atoms with van der Waals surface area (Å²) in [6.07, 6.45) is 13.9. The van der Waals surface area contributed by atoms with Gasteiger partial charge < -0.3 is 15.1 Å². The van der Waals surface area contributed by atoms with Crippen molar-refractivity contribution in [1.82, 2.24) is 20.1 Å². The van der Waals surface area contributed by atoms with E-state index in [0.29, 0.717) is 6.54 Å². The molecule has 1 aliphatic carbocycles. The number of pyridine rings is 1. The molecule has 1 amide bonds. The fourth-order valence-electron chi connectivity index (χ4n) is 5.25. The summed E-state index contributed by atoms with van der Waals surface area (Å²) in [4.78, 5) is 22.0. The van der Waals surface area contributed by atoms with Crippen LogP contribution in [0.4, 0.5) is 0 Å². The first-order valence-corrected chi connectivity index (χ1v) is 10.9. The molecule has 0 spiro atoms. The minimum Gasteiger partial charge on any atom is -0.352 e. The summed E-state index contributed by atoms with van der Waals surface area (Å²) in [7, 11) is 0. The van der Waals surface area contributed by atoms with Crippen LogP contribution < -0.4 is 5.32 Å². The van der Waals surface area contributed by atoms with Gasteiger partial charge in [0.05, 0.1) is 0 Å². The highest BCUT2D eigenvalue weighted by Gasteiger charge is 2.32. The lowest BCUT2D eigenvalue weighted by Crippen LogP contribution is -2.50. The average Bonchev–Trinajstić information content (AvgIpc) is 3.28. The zero-order valence-electron chi connectivity index (χ0n) is 16.5. The number of rotatable bonds is 5. The van der Waals surface area contributed by atoms with Gasteiger partial charge in [0.25, 0.3) is 0 Å². The highest BCUT2D eigenvalue weighted by molar-refractivity contribution is 5.78. The van der Waals surface area contributed by atoms with Crippen LogP contribution in [0.3, 0.4) is 0 Å². The monoisotopic (exact) mass is 370 g/mol. The molecule has 0 aromatic carbocycles. The Morgan fingerprint density at radius 1 is 0.963 bits per heavy atom. The van der Waals surface area contributed by atoms with Crippen LogP contribution in [0.2, 0.25) is 0 Å². The van der Waals surface area contributed by atoms with E-state index in [1.165, 1.54) is 51.6 Å². The van der Waals surface area contributed by atoms with Gasteiger partial charge in [-0.15, -0.1) is 0 Å². The molecule has 5 nitrogen and oxygen atoms in total. The number of aromatic nitrogens is 1. The lowest BCUT2D eigenvalue weighted by atomic mass is 9.92. The number of nitrogens with one attached hydrogen (secondary N) is 1. The van der Waals surface area contributed by atoms with Crippen molar-refractivity contribution in [2.24, 2.45) is 5.92 Å². The zero-order valence-corrected chi connectivity index (χ0v) is 16.5. The summed E-state index contributed by atoms with van der Waals surface area (Å²) in [6.45, 7) is 5.31. The van der Waals surface area contributed by atoms with Crippen LogP contribution in [-0.2, 0) is 11.3 Å². The SMILES string of the molecule is O=C(NCc1cccnc1)C1CCN(C2CCN(C3CCCC3)CC2)CC1. The second-order valence-electron chi connectivity index (χ2n) is 8.59. The molecule has 1 aromatic heterocycles. The maximum atomic E-state index is 12.5. The van der Waals surface area contributed by atoms with E-state index in [1.54, 1.807) is 6.20 Å². The number of likely N-dealkylation sites (tertiary alicyclic amines) is 2. The Morgan fingerprint density at radius 2 is 1.59 bits per heavy atom. The predicted molar refractivity (Wildman–Crippen MR) is 107 cm³/mol. The lowest BCUT2D eigenvalue weighted by Gasteiger charge is -2.43. The van der Waals surface area contributed by atoms with Gasteiger partial charge in [0.1, 0.15) is 0 Å². The van der Waals surface area contributed by atoms with Crippen LogP contribution in [0.25, 0.3) is 0 Å². The third kappa shape index (κ3) is 4.88. The molecule has 3 heterocycles. The Kier molecular flexibility index (Phi) is 6.40. The van der Waals surface area contributed by atoms with Crippen molar-refractivity contribution < 1.29 is 4.79 Å². The van der Waals surface area contributed by atoms with Crippen LogP contribution in [0, 0.1) is 5.92 Å². The lowest BCUT2D eigenvalue weighted by molar-refractivity contribution is -0.126. The van der Waals surface area contributed by atoms with E-state index < -0.39 is 0 Å². The third-order valence-corrected chi connectivity index (χ3v) is 6.95. The van der Waals surface area contributed by atoms with E-state index in [4.69, 9.17) is 0 Å². The Balaban J connectivity index is 1.17. The Hall–Kier alpha value is -1.46. The summed E-state index contributed by atoms with van der Waals surface area (Å²) < 4.78 is 0. The molecule has 2 saturated heterocycles. The van der Waals surface area contributed by atoms with Crippen molar-refractivity contribution in [2.45, 2.75) is 70.0 Å². The predicted octanol–water partition coefficient (Wildman–Crippen LogP) is 2.82. The first-order chi connectivity index (χ1) is 13.3. The van der Waals surface area contributed by atoms with Crippen LogP contribution in [0.5, 0.6) is 0 Å². The van der Waals surface area contributed by atoms with E-state index in [2.05, 4.69) is 20.1 Å². The molecule has 2 aliphatic heterocycles. The Bertz CT molecular complexity index is 586. The van der Waals surface area contributed by atoms with Crippen molar-refractivity contribution in [2.75, 3.05) is 26.2 Å². The molecule has 0 unspecified atom stereocenters. The second-order valence-corrected chi connectivity index (χ2v) is 8.59. The van der Waals surface area contributed by atoms with Crippen LogP contribution >= 0.6 is 0 Å². The van der Waals surface area contributed by atoms with E-state index in [0.717, 1.165) is 43.6 Å². The second kappa shape index (κ2) is 9.16. The van der Waals surface area contributed by atoms with Crippen LogP contribution in [0.1, 0.15) is 56.9 Å². The molecule has 1 N–H and O–H groups in total. The summed E-state index contributed by atoms with van der Waals surface area (Å²) in [5.41, 5.74) is 1.07. The highest BCUT2D eigenvalue weighted by atomic mass is 16.1. The largest absolute Gasteiger partial charge is 0.352 e. The van der Waals surface area contributed by atoms with Crippen molar-refractivity contribution >= 4 is 5.91 Å². The Morgan fingerprint density at radius 3 is 2.22 bits per heavy atom. The molecule has 3 aliphatic rings. The Labute approximate surface area is 163 Å². The molecule has 0 atom stereocenters. The van der Waals surface area contributed by atoms with E-state index in [1.807, 2.05) is 18.3 Å². The molecule has 148 valence electrons. The fraction of sp³-hybridized carbons (Fsp3) is 0.727. The van der Waals surface area contributed by atoms with E-state index in [-0.39, 0.29) is 11.8 Å². The number of nitrogens with zero attached hydrogens (tertiary/aromatic N) is 3. The number of amides is 1. The first kappa shape index (κ1) is 18.9. The van der Waals surface area contributed by atoms with Gasteiger partial charge in [0, 0.05) is 36.9 Å². The number of hydrogen-bond acceptors (Lipinski definition) is 4. The maximum absolute atomic E-state index is 12.5. The standard InChI is InChI=1S/C22H34N4O/c27-22(24-17-18-4-3-11-23-16-18)19-7-12-25(13-8-19)21-9-14-26(15-10-21)20-5-1-2-6-20/h3-4,11,16,19-21H,1-2,5-10,12-15,17H2,(H,24,27). The van der Waals surface area contributed by atoms with Gasteiger partial charge in [-0.2, -0.15) is 0 Å². The minimum atomic E-state index is 0.177. The third-order valence-electron chi connectivity index (χ3n) is 6.95. The summed E-state index contributed by atoms with van der Waals surface area (Å²) >= 11 is 0. The maximum Gasteiger partial charge on any atom is 0.223 e. The van der Waals surface area contributed by atoms with Crippen molar-refractivity contribution in [3.8, 4) is 0 Å². The van der Waals surface area contributed by atoms with Gasteiger partial charge in [0.15, 0.2) is 0 Å². The van der Waals surface area contributed by atoms with Gasteiger partial charge in [-0.3, -0.25) is 9.78 Å². The summed E-state index contributed by atoms with van der Waals surface area (Å²) in [5.74, 6) is 0.394. The highest BCUT2D eigenvalue weighted by Crippen LogP contribution is 2.29. The fourth-order valence-corrected chi connectivity index (χ4v) is 5.25. The molecule has 1 aromatic rings. The molecule has 5 heteroatoms. The zero-order chi connectivity index (χ0) is 18.5. The topological polar surface area (TPSA) is 48.5 Å². The molecule has 0 radical (unpaired) electrons. The normalized spacial score (nSPS) is 24.3. The molecule has 4 rings (SSSR count). The van der Waals surface area contributed by atoms with Gasteiger partial charge >= 0.3 is 0 Å². The quantitative estimate of drug-likeness (QED) is 0.866. The molecular weight excluding hydrogens is 336 g/mol. The molecule has 1 saturated carbocycles. The molecule has 3 fully saturated rings. The summed E-state index contributed by atoms with van der Waals surface area (Å²) in [5, 5.41) is 3.10. The van der Waals surface area contributed by atoms with Crippen LogP contribution in [0.15, 0.2) is 24.5 Å². The number of carbonyl (C=O) groups is 1. The van der Waals surface area contributed by atoms with Crippen molar-refractivity contribution in [1.29, 1.82) is 0 Å². The van der Waals surface area contributed by atoms with Gasteiger partial charge in [0.2, 0.25) is 5.91 Å². The molecular formula is C22H34N4O. The molecule has 27 heavy (non-hydrogen) atoms. The van der Waals surface area contributed by atoms with Crippen molar-refractivity contribution in [3.05, 3.63) is 30.1 Å². The average molecular weight is 371 g/mol. The molecule has 0 bridgehead atoms.